The van der Waals surface area contributed by atoms with Crippen LogP contribution in [0.5, 0.6) is 0 Å². The second-order valence-electron chi connectivity index (χ2n) is 11.0. The zero-order valence-electron chi connectivity index (χ0n) is 22.8. The van der Waals surface area contributed by atoms with Crippen molar-refractivity contribution in [3.8, 4) is 0 Å². The summed E-state index contributed by atoms with van der Waals surface area (Å²) in [5, 5.41) is 9.92. The molecule has 0 saturated heterocycles. The predicted octanol–water partition coefficient (Wildman–Crippen LogP) is 3.14. The van der Waals surface area contributed by atoms with Crippen LogP contribution in [-0.2, 0) is 11.3 Å². The van der Waals surface area contributed by atoms with Crippen LogP contribution in [-0.4, -0.2) is 49.4 Å². The van der Waals surface area contributed by atoms with E-state index in [1.54, 1.807) is 6.07 Å². The highest BCUT2D eigenvalue weighted by Gasteiger charge is 2.36. The van der Waals surface area contributed by atoms with Gasteiger partial charge in [-0.1, -0.05) is 52.7 Å². The highest BCUT2D eigenvalue weighted by molar-refractivity contribution is 5.99. The Kier molecular flexibility index (Phi) is 8.88. The smallest absolute Gasteiger partial charge is 0.384 e. The third-order valence-corrected chi connectivity index (χ3v) is 6.80. The first-order chi connectivity index (χ1) is 18.6. The van der Waals surface area contributed by atoms with Crippen LogP contribution in [0.1, 0.15) is 81.0 Å². The zero-order valence-corrected chi connectivity index (χ0v) is 22.8. The Balaban J connectivity index is 1.48. The molecule has 0 bridgehead atoms. The minimum atomic E-state index is -0.910. The molecule has 0 unspecified atom stereocenters. The van der Waals surface area contributed by atoms with Crippen LogP contribution in [0.15, 0.2) is 39.7 Å². The maximum Gasteiger partial charge on any atom is 0.437 e. The lowest BCUT2D eigenvalue weighted by molar-refractivity contribution is -0.127. The number of hydrogen-bond donors (Lipinski definition) is 2. The number of carbonyl (C=O) groups is 3. The highest BCUT2D eigenvalue weighted by Crippen LogP contribution is 2.26. The molecule has 1 aliphatic carbocycles. The van der Waals surface area contributed by atoms with Gasteiger partial charge < -0.3 is 15.1 Å². The molecule has 11 heteroatoms. The van der Waals surface area contributed by atoms with E-state index >= 15 is 0 Å². The standard InChI is InChI=1S/C28H36N6O5/c1-16(2)13-22(24(35)27-33-34(15-17(3)4)28(38)39-27)32-25(36)18-9-5-6-10-19(18)31-26(37)23-14-29-20-11-7-8-12-21(20)30-23/h7-8,11-12,14,16-19,22H,5-6,9-10,13,15H2,1-4H3,(H,31,37)(H,32,36)/t18-,19+,22+/m1/s1. The van der Waals surface area contributed by atoms with Crippen LogP contribution in [0.3, 0.4) is 0 Å². The first-order valence-corrected chi connectivity index (χ1v) is 13.6. The summed E-state index contributed by atoms with van der Waals surface area (Å²) < 4.78 is 6.28. The molecular weight excluding hydrogens is 500 g/mol. The van der Waals surface area contributed by atoms with Gasteiger partial charge in [0.1, 0.15) is 5.69 Å². The van der Waals surface area contributed by atoms with Gasteiger partial charge in [0.25, 0.3) is 11.8 Å². The number of Topliss-reactive ketones (excluding diaryl/α,β-unsaturated/α-hetero) is 1. The van der Waals surface area contributed by atoms with Gasteiger partial charge in [0.15, 0.2) is 0 Å². The molecule has 39 heavy (non-hydrogen) atoms. The number of para-hydroxylation sites is 2. The fourth-order valence-electron chi connectivity index (χ4n) is 4.92. The number of nitrogens with one attached hydrogen (secondary N) is 2. The van der Waals surface area contributed by atoms with Gasteiger partial charge in [-0.15, -0.1) is 5.10 Å². The topological polar surface area (TPSA) is 149 Å². The predicted molar refractivity (Wildman–Crippen MR) is 144 cm³/mol. The molecule has 0 radical (unpaired) electrons. The summed E-state index contributed by atoms with van der Waals surface area (Å²) in [6, 6.07) is 5.96. The quantitative estimate of drug-likeness (QED) is 0.375. The van der Waals surface area contributed by atoms with Crippen molar-refractivity contribution in [1.29, 1.82) is 0 Å². The number of ketones is 1. The molecule has 1 saturated carbocycles. The maximum atomic E-state index is 13.5. The molecule has 2 N–H and O–H groups in total. The number of amides is 2. The largest absolute Gasteiger partial charge is 0.437 e. The van der Waals surface area contributed by atoms with Crippen molar-refractivity contribution in [3.63, 3.8) is 0 Å². The Hall–Kier alpha value is -3.89. The Bertz CT molecular complexity index is 1390. The Labute approximate surface area is 226 Å². The molecule has 1 aliphatic rings. The highest BCUT2D eigenvalue weighted by atomic mass is 16.4. The zero-order chi connectivity index (χ0) is 28.1. The minimum absolute atomic E-state index is 0.0806. The van der Waals surface area contributed by atoms with Crippen LogP contribution < -0.4 is 16.4 Å². The summed E-state index contributed by atoms with van der Waals surface area (Å²) in [5.41, 5.74) is 1.48. The molecule has 1 aromatic carbocycles. The second-order valence-corrected chi connectivity index (χ2v) is 11.0. The van der Waals surface area contributed by atoms with E-state index in [0.717, 1.165) is 17.5 Å². The van der Waals surface area contributed by atoms with Crippen molar-refractivity contribution >= 4 is 28.6 Å². The van der Waals surface area contributed by atoms with Gasteiger partial charge in [0, 0.05) is 6.04 Å². The third-order valence-electron chi connectivity index (χ3n) is 6.80. The van der Waals surface area contributed by atoms with Crippen LogP contribution in [0.25, 0.3) is 11.0 Å². The van der Waals surface area contributed by atoms with E-state index in [0.29, 0.717) is 36.8 Å². The van der Waals surface area contributed by atoms with Gasteiger partial charge >= 0.3 is 5.76 Å². The molecule has 0 spiro atoms. The van der Waals surface area contributed by atoms with E-state index in [9.17, 15) is 19.2 Å². The number of aromatic nitrogens is 4. The monoisotopic (exact) mass is 536 g/mol. The number of hydrogen-bond acceptors (Lipinski definition) is 8. The van der Waals surface area contributed by atoms with Crippen LogP contribution in [0.4, 0.5) is 0 Å². The normalized spacial score (nSPS) is 18.3. The van der Waals surface area contributed by atoms with E-state index in [4.69, 9.17) is 4.42 Å². The number of rotatable bonds is 10. The minimum Gasteiger partial charge on any atom is -0.384 e. The van der Waals surface area contributed by atoms with Crippen molar-refractivity contribution < 1.29 is 18.8 Å². The first kappa shape index (κ1) is 28.1. The molecule has 2 heterocycles. The van der Waals surface area contributed by atoms with Gasteiger partial charge in [-0.05, 0) is 43.2 Å². The number of fused-ring (bicyclic) bond motifs is 1. The molecule has 3 atom stereocenters. The van der Waals surface area contributed by atoms with Crippen LogP contribution in [0.2, 0.25) is 0 Å². The van der Waals surface area contributed by atoms with Gasteiger partial charge in [-0.3, -0.25) is 19.4 Å². The van der Waals surface area contributed by atoms with Crippen molar-refractivity contribution in [2.24, 2.45) is 17.8 Å². The molecule has 3 aromatic rings. The van der Waals surface area contributed by atoms with Gasteiger partial charge in [-0.25, -0.2) is 9.78 Å². The van der Waals surface area contributed by atoms with Gasteiger partial charge in [0.05, 0.1) is 35.7 Å². The Morgan fingerprint density at radius 1 is 1.05 bits per heavy atom. The van der Waals surface area contributed by atoms with E-state index in [1.165, 1.54) is 6.20 Å². The maximum absolute atomic E-state index is 13.5. The van der Waals surface area contributed by atoms with Crippen LogP contribution in [0, 0.1) is 17.8 Å². The van der Waals surface area contributed by atoms with E-state index < -0.39 is 35.4 Å². The van der Waals surface area contributed by atoms with Crippen molar-refractivity contribution in [2.75, 3.05) is 0 Å². The van der Waals surface area contributed by atoms with Crippen molar-refractivity contribution in [1.82, 2.24) is 30.4 Å². The molecule has 208 valence electrons. The molecular formula is C28H36N6O5. The van der Waals surface area contributed by atoms with E-state index in [1.807, 2.05) is 45.9 Å². The Morgan fingerprint density at radius 2 is 1.77 bits per heavy atom. The number of nitrogens with zero attached hydrogens (tertiary/aromatic N) is 4. The SMILES string of the molecule is CC(C)C[C@H](NC(=O)[C@@H]1CCCC[C@@H]1NC(=O)c1cnc2ccccc2n1)C(=O)c1nn(CC(C)C)c(=O)o1. The molecule has 2 aromatic heterocycles. The third kappa shape index (κ3) is 6.96. The average molecular weight is 537 g/mol. The first-order valence-electron chi connectivity index (χ1n) is 13.6. The second kappa shape index (κ2) is 12.3. The fraction of sp³-hybridized carbons (Fsp3) is 0.536. The lowest BCUT2D eigenvalue weighted by Gasteiger charge is -2.32. The molecule has 2 amide bonds. The Morgan fingerprint density at radius 3 is 2.49 bits per heavy atom. The van der Waals surface area contributed by atoms with Crippen molar-refractivity contribution in [3.05, 3.63) is 52.6 Å². The fourth-order valence-corrected chi connectivity index (χ4v) is 4.92. The lowest BCUT2D eigenvalue weighted by atomic mass is 9.83. The summed E-state index contributed by atoms with van der Waals surface area (Å²) in [6.45, 7) is 8.05. The molecule has 0 aliphatic heterocycles. The average Bonchev–Trinajstić information content (AvgIpc) is 3.26. The van der Waals surface area contributed by atoms with E-state index in [-0.39, 0.29) is 29.3 Å². The summed E-state index contributed by atoms with van der Waals surface area (Å²) >= 11 is 0. The molecule has 4 rings (SSSR count). The lowest BCUT2D eigenvalue weighted by Crippen LogP contribution is -2.52. The van der Waals surface area contributed by atoms with Gasteiger partial charge in [-0.2, -0.15) is 4.68 Å². The number of benzene rings is 1. The number of carbonyl (C=O) groups excluding carboxylic acids is 3. The summed E-state index contributed by atoms with van der Waals surface area (Å²) in [5.74, 6) is -2.58. The summed E-state index contributed by atoms with van der Waals surface area (Å²) in [6.07, 6.45) is 4.67. The van der Waals surface area contributed by atoms with Gasteiger partial charge in [0.2, 0.25) is 11.7 Å². The molecule has 1 fully saturated rings. The van der Waals surface area contributed by atoms with Crippen LogP contribution >= 0.6 is 0 Å². The van der Waals surface area contributed by atoms with Crippen molar-refractivity contribution in [2.45, 2.75) is 78.4 Å². The summed E-state index contributed by atoms with van der Waals surface area (Å²) in [4.78, 5) is 60.7. The summed E-state index contributed by atoms with van der Waals surface area (Å²) in [7, 11) is 0. The molecule has 11 nitrogen and oxygen atoms in total. The van der Waals surface area contributed by atoms with E-state index in [2.05, 4.69) is 25.7 Å².